The zero-order chi connectivity index (χ0) is 16.1. The summed E-state index contributed by atoms with van der Waals surface area (Å²) in [5, 5.41) is 2.75. The van der Waals surface area contributed by atoms with Crippen molar-refractivity contribution in [2.75, 3.05) is 13.2 Å². The lowest BCUT2D eigenvalue weighted by Gasteiger charge is -2.34. The van der Waals surface area contributed by atoms with E-state index in [1.54, 1.807) is 11.3 Å². The molecule has 0 spiro atoms. The summed E-state index contributed by atoms with van der Waals surface area (Å²) in [4.78, 5) is 16.1. The molecule has 1 aliphatic rings. The van der Waals surface area contributed by atoms with Crippen LogP contribution in [0.2, 0.25) is 5.02 Å². The Morgan fingerprint density at radius 3 is 2.61 bits per heavy atom. The first-order valence-corrected chi connectivity index (χ1v) is 9.12. The Labute approximate surface area is 145 Å². The third-order valence-corrected chi connectivity index (χ3v) is 5.24. The van der Waals surface area contributed by atoms with Gasteiger partial charge in [0.25, 0.3) is 0 Å². The molecular formula is C18H20ClNO2S. The van der Waals surface area contributed by atoms with Crippen LogP contribution in [0.5, 0.6) is 0 Å². The highest BCUT2D eigenvalue weighted by Crippen LogP contribution is 2.21. The Balaban J connectivity index is 1.72. The average molecular weight is 350 g/mol. The quantitative estimate of drug-likeness (QED) is 0.811. The van der Waals surface area contributed by atoms with Crippen LogP contribution < -0.4 is 0 Å². The standard InChI is InChI=1S/C18H20ClNO2S/c19-15-5-3-14(4-6-15)12-18(21)20(13-17-2-1-11-23-17)16-7-9-22-10-8-16/h1-6,11,16H,7-10,12-13H2. The van der Waals surface area contributed by atoms with Crippen molar-refractivity contribution in [3.63, 3.8) is 0 Å². The summed E-state index contributed by atoms with van der Waals surface area (Å²) in [6.07, 6.45) is 2.25. The number of hydrogen-bond acceptors (Lipinski definition) is 3. The van der Waals surface area contributed by atoms with Crippen molar-refractivity contribution in [2.24, 2.45) is 0 Å². The largest absolute Gasteiger partial charge is 0.381 e. The molecule has 0 N–H and O–H groups in total. The second-order valence-corrected chi connectivity index (χ2v) is 7.22. The molecule has 1 aliphatic heterocycles. The first-order chi connectivity index (χ1) is 11.2. The van der Waals surface area contributed by atoms with E-state index in [-0.39, 0.29) is 11.9 Å². The van der Waals surface area contributed by atoms with Gasteiger partial charge in [0.1, 0.15) is 0 Å². The highest BCUT2D eigenvalue weighted by atomic mass is 35.5. The second kappa shape index (κ2) is 7.95. The highest BCUT2D eigenvalue weighted by Gasteiger charge is 2.26. The maximum Gasteiger partial charge on any atom is 0.227 e. The number of rotatable bonds is 5. The van der Waals surface area contributed by atoms with Gasteiger partial charge in [0.15, 0.2) is 0 Å². The molecule has 122 valence electrons. The minimum atomic E-state index is 0.174. The monoisotopic (exact) mass is 349 g/mol. The summed E-state index contributed by atoms with van der Waals surface area (Å²) in [7, 11) is 0. The van der Waals surface area contributed by atoms with Crippen LogP contribution in [0.3, 0.4) is 0 Å². The maximum atomic E-state index is 12.9. The molecule has 0 radical (unpaired) electrons. The molecule has 5 heteroatoms. The van der Waals surface area contributed by atoms with E-state index in [2.05, 4.69) is 11.4 Å². The molecule has 0 aliphatic carbocycles. The molecule has 1 aromatic carbocycles. The van der Waals surface area contributed by atoms with E-state index in [9.17, 15) is 4.79 Å². The van der Waals surface area contributed by atoms with E-state index in [4.69, 9.17) is 16.3 Å². The van der Waals surface area contributed by atoms with Gasteiger partial charge in [-0.3, -0.25) is 4.79 Å². The van der Waals surface area contributed by atoms with Gasteiger partial charge in [-0.15, -0.1) is 11.3 Å². The average Bonchev–Trinajstić information content (AvgIpc) is 3.09. The Morgan fingerprint density at radius 2 is 1.96 bits per heavy atom. The Hall–Kier alpha value is -1.36. The zero-order valence-electron chi connectivity index (χ0n) is 12.9. The molecule has 0 atom stereocenters. The molecule has 2 heterocycles. The third kappa shape index (κ3) is 4.56. The fraction of sp³-hybridized carbons (Fsp3) is 0.389. The van der Waals surface area contributed by atoms with Crippen LogP contribution in [0.4, 0.5) is 0 Å². The van der Waals surface area contributed by atoms with E-state index in [0.29, 0.717) is 18.0 Å². The lowest BCUT2D eigenvalue weighted by Crippen LogP contribution is -2.43. The molecule has 1 aromatic heterocycles. The number of benzene rings is 1. The minimum absolute atomic E-state index is 0.174. The number of halogens is 1. The van der Waals surface area contributed by atoms with E-state index in [1.807, 2.05) is 35.2 Å². The maximum absolute atomic E-state index is 12.9. The van der Waals surface area contributed by atoms with Gasteiger partial charge in [0, 0.05) is 29.2 Å². The molecule has 0 saturated carbocycles. The van der Waals surface area contributed by atoms with Gasteiger partial charge in [-0.05, 0) is 42.0 Å². The highest BCUT2D eigenvalue weighted by molar-refractivity contribution is 7.09. The topological polar surface area (TPSA) is 29.5 Å². The van der Waals surface area contributed by atoms with Gasteiger partial charge in [-0.2, -0.15) is 0 Å². The molecule has 3 nitrogen and oxygen atoms in total. The van der Waals surface area contributed by atoms with Crippen LogP contribution in [0.25, 0.3) is 0 Å². The molecule has 2 aromatic rings. The van der Waals surface area contributed by atoms with Gasteiger partial charge >= 0.3 is 0 Å². The number of nitrogens with zero attached hydrogens (tertiary/aromatic N) is 1. The van der Waals surface area contributed by atoms with Gasteiger partial charge in [-0.1, -0.05) is 29.8 Å². The predicted molar refractivity (Wildman–Crippen MR) is 93.9 cm³/mol. The van der Waals surface area contributed by atoms with E-state index >= 15 is 0 Å². The number of carbonyl (C=O) groups excluding carboxylic acids is 1. The number of carbonyl (C=O) groups is 1. The fourth-order valence-electron chi connectivity index (χ4n) is 2.87. The van der Waals surface area contributed by atoms with Crippen molar-refractivity contribution < 1.29 is 9.53 Å². The van der Waals surface area contributed by atoms with Crippen molar-refractivity contribution in [1.82, 2.24) is 4.90 Å². The van der Waals surface area contributed by atoms with Crippen LogP contribution >= 0.6 is 22.9 Å². The normalized spacial score (nSPS) is 15.5. The summed E-state index contributed by atoms with van der Waals surface area (Å²) in [6.45, 7) is 2.16. The molecule has 1 fully saturated rings. The number of thiophene rings is 1. The van der Waals surface area contributed by atoms with Crippen LogP contribution in [-0.2, 0) is 22.5 Å². The summed E-state index contributed by atoms with van der Waals surface area (Å²) in [5.41, 5.74) is 1.00. The molecule has 3 rings (SSSR count). The molecule has 0 bridgehead atoms. The van der Waals surface area contributed by atoms with Crippen LogP contribution in [0.15, 0.2) is 41.8 Å². The first-order valence-electron chi connectivity index (χ1n) is 7.86. The lowest BCUT2D eigenvalue weighted by atomic mass is 10.0. The second-order valence-electron chi connectivity index (χ2n) is 5.75. The number of hydrogen-bond donors (Lipinski definition) is 0. The van der Waals surface area contributed by atoms with E-state index < -0.39 is 0 Å². The number of amides is 1. The Bertz CT molecular complexity index is 621. The zero-order valence-corrected chi connectivity index (χ0v) is 14.5. The van der Waals surface area contributed by atoms with Gasteiger partial charge in [0.05, 0.1) is 13.0 Å². The molecular weight excluding hydrogens is 330 g/mol. The van der Waals surface area contributed by atoms with Crippen molar-refractivity contribution in [3.8, 4) is 0 Å². The Morgan fingerprint density at radius 1 is 1.22 bits per heavy atom. The van der Waals surface area contributed by atoms with Crippen LogP contribution in [0, 0.1) is 0 Å². The first kappa shape index (κ1) is 16.5. The smallest absolute Gasteiger partial charge is 0.227 e. The summed E-state index contributed by atoms with van der Waals surface area (Å²) < 4.78 is 5.45. The lowest BCUT2D eigenvalue weighted by molar-refractivity contribution is -0.135. The SMILES string of the molecule is O=C(Cc1ccc(Cl)cc1)N(Cc1cccs1)C1CCOCC1. The third-order valence-electron chi connectivity index (χ3n) is 4.13. The van der Waals surface area contributed by atoms with E-state index in [1.165, 1.54) is 4.88 Å². The van der Waals surface area contributed by atoms with Crippen molar-refractivity contribution in [3.05, 3.63) is 57.2 Å². The van der Waals surface area contributed by atoms with Crippen LogP contribution in [-0.4, -0.2) is 30.1 Å². The van der Waals surface area contributed by atoms with Crippen molar-refractivity contribution in [1.29, 1.82) is 0 Å². The fourth-order valence-corrected chi connectivity index (χ4v) is 3.70. The van der Waals surface area contributed by atoms with E-state index in [0.717, 1.165) is 31.6 Å². The van der Waals surface area contributed by atoms with Crippen molar-refractivity contribution in [2.45, 2.75) is 31.8 Å². The van der Waals surface area contributed by atoms with Crippen molar-refractivity contribution >= 4 is 28.8 Å². The predicted octanol–water partition coefficient (Wildman–Crippen LogP) is 4.15. The molecule has 23 heavy (non-hydrogen) atoms. The minimum Gasteiger partial charge on any atom is -0.381 e. The molecule has 0 unspecified atom stereocenters. The molecule has 1 amide bonds. The Kier molecular flexibility index (Phi) is 5.70. The molecule has 1 saturated heterocycles. The van der Waals surface area contributed by atoms with Gasteiger partial charge in [-0.25, -0.2) is 0 Å². The summed E-state index contributed by atoms with van der Waals surface area (Å²) >= 11 is 7.62. The summed E-state index contributed by atoms with van der Waals surface area (Å²) in [5.74, 6) is 0.174. The van der Waals surface area contributed by atoms with Gasteiger partial charge < -0.3 is 9.64 Å². The van der Waals surface area contributed by atoms with Crippen LogP contribution in [0.1, 0.15) is 23.3 Å². The summed E-state index contributed by atoms with van der Waals surface area (Å²) in [6, 6.07) is 11.9. The number of ether oxygens (including phenoxy) is 1. The van der Waals surface area contributed by atoms with Gasteiger partial charge in [0.2, 0.25) is 5.91 Å².